The third kappa shape index (κ3) is 2.89. The van der Waals surface area contributed by atoms with Crippen LogP contribution in [0.25, 0.3) is 11.0 Å². The molecule has 0 radical (unpaired) electrons. The number of aliphatic carboxylic acids is 2. The quantitative estimate of drug-likeness (QED) is 0.876. The van der Waals surface area contributed by atoms with E-state index < -0.39 is 17.9 Å². The lowest BCUT2D eigenvalue weighted by Gasteiger charge is -2.16. The predicted molar refractivity (Wildman–Crippen MR) is 73.5 cm³/mol. The maximum Gasteiger partial charge on any atom is 0.303 e. The van der Waals surface area contributed by atoms with E-state index in [4.69, 9.17) is 37.8 Å². The van der Waals surface area contributed by atoms with E-state index >= 15 is 0 Å². The van der Waals surface area contributed by atoms with Crippen molar-refractivity contribution >= 4 is 46.1 Å². The third-order valence-electron chi connectivity index (χ3n) is 2.93. The molecule has 1 aromatic heterocycles. The van der Waals surface area contributed by atoms with Crippen molar-refractivity contribution in [2.45, 2.75) is 18.8 Å². The molecule has 2 N–H and O–H groups in total. The maximum absolute atomic E-state index is 10.9. The number of hydrogen-bond donors (Lipinski definition) is 2. The van der Waals surface area contributed by atoms with Gasteiger partial charge in [-0.1, -0.05) is 23.2 Å². The number of carbonyl (C=O) groups is 2. The molecule has 0 aliphatic heterocycles. The number of carboxylic acid groups (broad SMARTS) is 2. The molecule has 7 heteroatoms. The molecule has 0 unspecified atom stereocenters. The molecule has 0 saturated carbocycles. The average molecular weight is 317 g/mol. The lowest BCUT2D eigenvalue weighted by Crippen LogP contribution is -2.12. The molecule has 1 aromatic carbocycles. The van der Waals surface area contributed by atoms with E-state index in [0.29, 0.717) is 21.6 Å². The van der Waals surface area contributed by atoms with Crippen LogP contribution in [0.15, 0.2) is 22.8 Å². The summed E-state index contributed by atoms with van der Waals surface area (Å²) in [5, 5.41) is 18.9. The molecule has 5 nitrogen and oxygen atoms in total. The van der Waals surface area contributed by atoms with Gasteiger partial charge in [0.1, 0.15) is 0 Å². The second-order valence-electron chi connectivity index (χ2n) is 4.31. The summed E-state index contributed by atoms with van der Waals surface area (Å²) in [7, 11) is 0. The summed E-state index contributed by atoms with van der Waals surface area (Å²) in [5.74, 6) is -2.95. The first-order chi connectivity index (χ1) is 9.40. The molecule has 0 aliphatic carbocycles. The van der Waals surface area contributed by atoms with Crippen LogP contribution in [-0.4, -0.2) is 22.2 Å². The van der Waals surface area contributed by atoms with Crippen molar-refractivity contribution in [3.8, 4) is 0 Å². The summed E-state index contributed by atoms with van der Waals surface area (Å²) in [6.07, 6.45) is 0.719. The summed E-state index contributed by atoms with van der Waals surface area (Å²) in [4.78, 5) is 21.9. The van der Waals surface area contributed by atoms with E-state index in [1.54, 1.807) is 6.07 Å². The lowest BCUT2D eigenvalue weighted by atomic mass is 9.90. The number of rotatable bonds is 5. The van der Waals surface area contributed by atoms with Crippen LogP contribution >= 0.6 is 23.2 Å². The second kappa shape index (κ2) is 5.73. The van der Waals surface area contributed by atoms with Crippen LogP contribution in [0.5, 0.6) is 0 Å². The topological polar surface area (TPSA) is 87.7 Å². The Morgan fingerprint density at radius 1 is 1.15 bits per heavy atom. The Hall–Kier alpha value is -1.72. The largest absolute Gasteiger partial charge is 0.481 e. The number of hydrogen-bond acceptors (Lipinski definition) is 3. The molecule has 0 spiro atoms. The van der Waals surface area contributed by atoms with Crippen LogP contribution in [-0.2, 0) is 9.59 Å². The minimum atomic E-state index is -1.10. The molecule has 0 atom stereocenters. The first kappa shape index (κ1) is 14.7. The first-order valence-electron chi connectivity index (χ1n) is 5.68. The number of carboxylic acids is 2. The molecule has 106 valence electrons. The fraction of sp³-hybridized carbons (Fsp3) is 0.231. The van der Waals surface area contributed by atoms with Crippen LogP contribution in [0.1, 0.15) is 24.3 Å². The minimum absolute atomic E-state index is 0.233. The molecule has 2 aromatic rings. The van der Waals surface area contributed by atoms with Gasteiger partial charge in [0.25, 0.3) is 0 Å². The zero-order valence-corrected chi connectivity index (χ0v) is 11.6. The smallest absolute Gasteiger partial charge is 0.303 e. The summed E-state index contributed by atoms with van der Waals surface area (Å²) in [6.45, 7) is 0. The molecule has 20 heavy (non-hydrogen) atoms. The third-order valence-corrected chi connectivity index (χ3v) is 3.53. The Labute approximate surface area is 123 Å². The van der Waals surface area contributed by atoms with Crippen molar-refractivity contribution in [2.24, 2.45) is 0 Å². The minimum Gasteiger partial charge on any atom is -0.481 e. The van der Waals surface area contributed by atoms with Gasteiger partial charge in [-0.3, -0.25) is 9.59 Å². The van der Waals surface area contributed by atoms with E-state index in [2.05, 4.69) is 0 Å². The van der Waals surface area contributed by atoms with Crippen LogP contribution in [0, 0.1) is 0 Å². The SMILES string of the molecule is O=C(O)CC(CC(=O)O)c1c(Cl)cc(Cl)c2occc12. The molecule has 0 saturated heterocycles. The van der Waals surface area contributed by atoms with Crippen molar-refractivity contribution < 1.29 is 24.2 Å². The van der Waals surface area contributed by atoms with Gasteiger partial charge < -0.3 is 14.6 Å². The highest BCUT2D eigenvalue weighted by molar-refractivity contribution is 6.38. The Bertz CT molecular complexity index is 661. The van der Waals surface area contributed by atoms with E-state index in [1.807, 2.05) is 0 Å². The lowest BCUT2D eigenvalue weighted by molar-refractivity contribution is -0.139. The van der Waals surface area contributed by atoms with E-state index in [1.165, 1.54) is 12.3 Å². The van der Waals surface area contributed by atoms with E-state index in [-0.39, 0.29) is 17.9 Å². The van der Waals surface area contributed by atoms with E-state index in [9.17, 15) is 9.59 Å². The van der Waals surface area contributed by atoms with Crippen molar-refractivity contribution in [3.63, 3.8) is 0 Å². The van der Waals surface area contributed by atoms with Crippen molar-refractivity contribution in [2.75, 3.05) is 0 Å². The Morgan fingerprint density at radius 3 is 2.30 bits per heavy atom. The summed E-state index contributed by atoms with van der Waals surface area (Å²) in [6, 6.07) is 3.03. The molecule has 0 fully saturated rings. The van der Waals surface area contributed by atoms with Gasteiger partial charge in [0.05, 0.1) is 24.1 Å². The average Bonchev–Trinajstić information content (AvgIpc) is 2.76. The second-order valence-corrected chi connectivity index (χ2v) is 5.12. The molecular formula is C13H10Cl2O5. The summed E-state index contributed by atoms with van der Waals surface area (Å²) in [5.41, 5.74) is 0.802. The van der Waals surface area contributed by atoms with Crippen LogP contribution < -0.4 is 0 Å². The fourth-order valence-corrected chi connectivity index (χ4v) is 2.88. The Morgan fingerprint density at radius 2 is 1.75 bits per heavy atom. The van der Waals surface area contributed by atoms with Gasteiger partial charge in [0.2, 0.25) is 0 Å². The maximum atomic E-state index is 10.9. The number of fused-ring (bicyclic) bond motifs is 1. The predicted octanol–water partition coefficient (Wildman–Crippen LogP) is 3.77. The highest BCUT2D eigenvalue weighted by Gasteiger charge is 2.25. The Balaban J connectivity index is 2.59. The van der Waals surface area contributed by atoms with Crippen LogP contribution in [0.3, 0.4) is 0 Å². The first-order valence-corrected chi connectivity index (χ1v) is 6.44. The van der Waals surface area contributed by atoms with Gasteiger partial charge >= 0.3 is 11.9 Å². The number of furan rings is 1. The number of halogens is 2. The van der Waals surface area contributed by atoms with Gasteiger partial charge in [-0.2, -0.15) is 0 Å². The molecule has 0 bridgehead atoms. The van der Waals surface area contributed by atoms with Crippen molar-refractivity contribution in [3.05, 3.63) is 34.0 Å². The Kier molecular flexibility index (Phi) is 4.20. The molecule has 0 amide bonds. The monoisotopic (exact) mass is 316 g/mol. The molecule has 0 aliphatic rings. The van der Waals surface area contributed by atoms with Crippen molar-refractivity contribution in [1.29, 1.82) is 0 Å². The van der Waals surface area contributed by atoms with Gasteiger partial charge in [-0.15, -0.1) is 0 Å². The zero-order chi connectivity index (χ0) is 14.9. The summed E-state index contributed by atoms with van der Waals surface area (Å²) < 4.78 is 5.22. The molecule has 2 rings (SSSR count). The zero-order valence-electron chi connectivity index (χ0n) is 10.1. The highest BCUT2D eigenvalue weighted by Crippen LogP contribution is 2.39. The van der Waals surface area contributed by atoms with Crippen LogP contribution in [0.4, 0.5) is 0 Å². The molecule has 1 heterocycles. The van der Waals surface area contributed by atoms with Gasteiger partial charge in [0, 0.05) is 16.3 Å². The van der Waals surface area contributed by atoms with Gasteiger partial charge in [-0.25, -0.2) is 0 Å². The summed E-state index contributed by atoms with van der Waals surface area (Å²) >= 11 is 12.1. The van der Waals surface area contributed by atoms with Crippen LogP contribution in [0.2, 0.25) is 10.0 Å². The fourth-order valence-electron chi connectivity index (χ4n) is 2.20. The highest BCUT2D eigenvalue weighted by atomic mass is 35.5. The van der Waals surface area contributed by atoms with E-state index in [0.717, 1.165) is 0 Å². The normalized spacial score (nSPS) is 11.2. The number of benzene rings is 1. The van der Waals surface area contributed by atoms with Crippen molar-refractivity contribution in [1.82, 2.24) is 0 Å². The van der Waals surface area contributed by atoms with Gasteiger partial charge in [0.15, 0.2) is 5.58 Å². The van der Waals surface area contributed by atoms with Gasteiger partial charge in [-0.05, 0) is 17.7 Å². The standard InChI is InChI=1S/C13H10Cl2O5/c14-8-5-9(15)13-7(1-2-20-13)12(8)6(3-10(16)17)4-11(18)19/h1-2,5-6H,3-4H2,(H,16,17)(H,18,19). The molecular weight excluding hydrogens is 307 g/mol.